The first-order valence-electron chi connectivity index (χ1n) is 10.8. The van der Waals surface area contributed by atoms with Crippen LogP contribution in [0.25, 0.3) is 0 Å². The zero-order valence-corrected chi connectivity index (χ0v) is 22.1. The summed E-state index contributed by atoms with van der Waals surface area (Å²) in [5.74, 6) is 0. The summed E-state index contributed by atoms with van der Waals surface area (Å²) in [5.41, 5.74) is 1.04. The van der Waals surface area contributed by atoms with Crippen LogP contribution >= 0.6 is 15.9 Å². The third-order valence-electron chi connectivity index (χ3n) is 5.13. The van der Waals surface area contributed by atoms with Crippen molar-refractivity contribution in [1.29, 1.82) is 0 Å². The van der Waals surface area contributed by atoms with E-state index in [2.05, 4.69) is 46.7 Å². The average Bonchev–Trinajstić information content (AvgIpc) is 2.68. The van der Waals surface area contributed by atoms with Gasteiger partial charge in [0.05, 0.1) is 0 Å². The van der Waals surface area contributed by atoms with E-state index >= 15 is 0 Å². The monoisotopic (exact) mass is 546 g/mol. The van der Waals surface area contributed by atoms with Crippen molar-refractivity contribution in [2.75, 3.05) is 17.8 Å². The van der Waals surface area contributed by atoms with Crippen LogP contribution in [0.15, 0.2) is 27.9 Å². The fourth-order valence-electron chi connectivity index (χ4n) is 3.46. The zero-order chi connectivity index (χ0) is 19.8. The van der Waals surface area contributed by atoms with Crippen molar-refractivity contribution in [2.24, 2.45) is 4.99 Å². The van der Waals surface area contributed by atoms with Gasteiger partial charge in [0.15, 0.2) is 0 Å². The fraction of sp³-hybridized carbons (Fsp3) is 0.727. The van der Waals surface area contributed by atoms with E-state index in [1.54, 1.807) is 6.20 Å². The molecule has 1 aromatic heterocycles. The number of rotatable bonds is 16. The maximum atomic E-state index is 6.26. The van der Waals surface area contributed by atoms with Gasteiger partial charge in [-0.3, -0.25) is 0 Å². The molecule has 5 heteroatoms. The van der Waals surface area contributed by atoms with Gasteiger partial charge in [0, 0.05) is 0 Å². The molecular weight excluding hydrogens is 507 g/mol. The molecule has 0 aromatic carbocycles. The summed E-state index contributed by atoms with van der Waals surface area (Å²) >= 11 is 1.33. The van der Waals surface area contributed by atoms with Crippen LogP contribution in [0.4, 0.5) is 0 Å². The van der Waals surface area contributed by atoms with Crippen LogP contribution in [0.3, 0.4) is 0 Å². The number of ether oxygens (including phenoxy) is 1. The molecule has 0 atom stereocenters. The molecule has 154 valence electrons. The van der Waals surface area contributed by atoms with Gasteiger partial charge in [-0.25, -0.2) is 0 Å². The summed E-state index contributed by atoms with van der Waals surface area (Å²) in [6.07, 6.45) is 14.8. The van der Waals surface area contributed by atoms with Crippen molar-refractivity contribution in [3.05, 3.63) is 28.5 Å². The number of aliphatic imine (C=N–C) groups is 1. The molecule has 1 rings (SSSR count). The number of unbranched alkanes of at least 4 members (excludes halogenated alkanes) is 3. The van der Waals surface area contributed by atoms with Gasteiger partial charge in [-0.15, -0.1) is 0 Å². The van der Waals surface area contributed by atoms with E-state index in [4.69, 9.17) is 4.74 Å². The van der Waals surface area contributed by atoms with Gasteiger partial charge >= 0.3 is 181 Å². The average molecular weight is 546 g/mol. The summed E-state index contributed by atoms with van der Waals surface area (Å²) in [7, 11) is 0. The Hall–Kier alpha value is 0.0587. The second kappa shape index (κ2) is 15.9. The van der Waals surface area contributed by atoms with Crippen molar-refractivity contribution >= 4 is 40.5 Å². The fourth-order valence-corrected chi connectivity index (χ4v) is 18.3. The summed E-state index contributed by atoms with van der Waals surface area (Å²) in [4.78, 5) is 8.67. The Morgan fingerprint density at radius 3 is 2.19 bits per heavy atom. The minimum absolute atomic E-state index is 0.827. The minimum atomic E-state index is -2.11. The predicted molar refractivity (Wildman–Crippen MR) is 125 cm³/mol. The molecule has 3 nitrogen and oxygen atoms in total. The molecule has 1 heterocycles. The number of aromatic nitrogens is 1. The van der Waals surface area contributed by atoms with Crippen molar-refractivity contribution in [3.63, 3.8) is 0 Å². The van der Waals surface area contributed by atoms with Crippen LogP contribution in [-0.4, -0.2) is 47.3 Å². The van der Waals surface area contributed by atoms with Crippen LogP contribution in [0.2, 0.25) is 13.3 Å². The number of hydrogen-bond acceptors (Lipinski definition) is 3. The van der Waals surface area contributed by atoms with Crippen LogP contribution in [-0.2, 0) is 4.74 Å². The van der Waals surface area contributed by atoms with Crippen molar-refractivity contribution in [3.8, 4) is 0 Å². The maximum absolute atomic E-state index is 6.26. The Morgan fingerprint density at radius 1 is 1.00 bits per heavy atom. The first-order valence-corrected chi connectivity index (χ1v) is 19.7. The van der Waals surface area contributed by atoms with Crippen LogP contribution in [0.1, 0.15) is 71.3 Å². The van der Waals surface area contributed by atoms with Gasteiger partial charge < -0.3 is 0 Å². The van der Waals surface area contributed by atoms with Crippen LogP contribution in [0, 0.1) is 0 Å². The quantitative estimate of drug-likeness (QED) is 0.127. The summed E-state index contributed by atoms with van der Waals surface area (Å²) in [5, 5.41) is 0. The summed E-state index contributed by atoms with van der Waals surface area (Å²) in [6.45, 7) is 8.67. The molecule has 0 saturated heterocycles. The Bertz CT molecular complexity index is 503. The van der Waals surface area contributed by atoms with E-state index < -0.39 is 18.4 Å². The van der Waals surface area contributed by atoms with Gasteiger partial charge in [0.1, 0.15) is 0 Å². The van der Waals surface area contributed by atoms with E-state index in [0.29, 0.717) is 0 Å². The summed E-state index contributed by atoms with van der Waals surface area (Å²) in [6, 6.07) is 2.03. The van der Waals surface area contributed by atoms with E-state index in [-0.39, 0.29) is 0 Å². The second-order valence-corrected chi connectivity index (χ2v) is 22.3. The predicted octanol–water partition coefficient (Wildman–Crippen LogP) is 7.06. The Labute approximate surface area is 179 Å². The molecular formula is C22H39BrN2OSn. The molecule has 0 bridgehead atoms. The standard InChI is InChI=1S/C10H12BrN2O.3C4H9.Sn/c1-14-4-2-3-12-6-9-5-10(11)8-13-7-9;3*1-3-4-2;/h5-8H,1-4H2;3*1,3-4H2,2H3;. The van der Waals surface area contributed by atoms with Crippen molar-refractivity contribution < 1.29 is 4.74 Å². The van der Waals surface area contributed by atoms with E-state index in [1.807, 2.05) is 18.5 Å². The van der Waals surface area contributed by atoms with Gasteiger partial charge in [0.25, 0.3) is 0 Å². The molecule has 0 unspecified atom stereocenters. The number of halogens is 1. The van der Waals surface area contributed by atoms with E-state index in [0.717, 1.165) is 34.2 Å². The molecule has 0 aliphatic carbocycles. The number of hydrogen-bond donors (Lipinski definition) is 0. The van der Waals surface area contributed by atoms with E-state index in [1.165, 1.54) is 51.8 Å². The molecule has 0 N–H and O–H groups in total. The molecule has 0 radical (unpaired) electrons. The van der Waals surface area contributed by atoms with Gasteiger partial charge in [0.2, 0.25) is 0 Å². The summed E-state index contributed by atoms with van der Waals surface area (Å²) < 4.78 is 13.0. The second-order valence-electron chi connectivity index (χ2n) is 7.69. The molecule has 0 saturated carbocycles. The van der Waals surface area contributed by atoms with Gasteiger partial charge in [-0.05, 0) is 0 Å². The Kier molecular flexibility index (Phi) is 14.8. The van der Waals surface area contributed by atoms with Crippen molar-refractivity contribution in [1.82, 2.24) is 4.98 Å². The molecule has 0 spiro atoms. The SMILES string of the molecule is CCC[CH2][Sn]([CH2]CCC)([CH2]CCC)[CH2]OCCCN=Cc1cncc(Br)c1. The number of pyridine rings is 1. The van der Waals surface area contributed by atoms with Crippen molar-refractivity contribution in [2.45, 2.75) is 79.0 Å². The molecule has 1 aromatic rings. The Balaban J connectivity index is 2.39. The zero-order valence-electron chi connectivity index (χ0n) is 17.7. The third kappa shape index (κ3) is 11.6. The first-order chi connectivity index (χ1) is 13.2. The topological polar surface area (TPSA) is 34.5 Å². The van der Waals surface area contributed by atoms with E-state index in [9.17, 15) is 0 Å². The number of nitrogens with zero attached hydrogens (tertiary/aromatic N) is 2. The molecule has 0 fully saturated rings. The first kappa shape index (κ1) is 25.1. The molecule has 0 aliphatic heterocycles. The third-order valence-corrected chi connectivity index (χ3v) is 20.0. The molecule has 27 heavy (non-hydrogen) atoms. The van der Waals surface area contributed by atoms with Crippen LogP contribution < -0.4 is 0 Å². The molecule has 0 amide bonds. The normalized spacial score (nSPS) is 12.1. The molecule has 0 aliphatic rings. The van der Waals surface area contributed by atoms with Gasteiger partial charge in [-0.2, -0.15) is 0 Å². The van der Waals surface area contributed by atoms with Gasteiger partial charge in [-0.1, -0.05) is 0 Å². The van der Waals surface area contributed by atoms with Crippen LogP contribution in [0.5, 0.6) is 0 Å². The Morgan fingerprint density at radius 2 is 1.63 bits per heavy atom.